The summed E-state index contributed by atoms with van der Waals surface area (Å²) in [6.45, 7) is 0.975. The summed E-state index contributed by atoms with van der Waals surface area (Å²) >= 11 is 6.06. The van der Waals surface area contributed by atoms with E-state index in [4.69, 9.17) is 11.6 Å². The summed E-state index contributed by atoms with van der Waals surface area (Å²) in [5.74, 6) is 1.14. The second-order valence-electron chi connectivity index (χ2n) is 3.47. The Morgan fingerprint density at radius 3 is 3.38 bits per heavy atom. The first-order chi connectivity index (χ1) is 6.33. The van der Waals surface area contributed by atoms with Gasteiger partial charge in [-0.1, -0.05) is 11.6 Å². The van der Waals surface area contributed by atoms with Crippen LogP contribution in [0.2, 0.25) is 5.15 Å². The molecule has 0 aliphatic carbocycles. The molecule has 3 nitrogen and oxygen atoms in total. The van der Waals surface area contributed by atoms with Crippen LogP contribution in [0.15, 0.2) is 6.20 Å². The molecule has 72 valence electrons. The van der Waals surface area contributed by atoms with Crippen LogP contribution < -0.4 is 5.32 Å². The van der Waals surface area contributed by atoms with Crippen molar-refractivity contribution in [3.8, 4) is 0 Å². The lowest BCUT2D eigenvalue weighted by Crippen LogP contribution is -2.27. The molecule has 0 radical (unpaired) electrons. The predicted molar refractivity (Wildman–Crippen MR) is 53.1 cm³/mol. The van der Waals surface area contributed by atoms with E-state index in [1.165, 1.54) is 12.8 Å². The molecule has 4 heteroatoms. The Morgan fingerprint density at radius 2 is 2.62 bits per heavy atom. The third-order valence-electron chi connectivity index (χ3n) is 2.57. The predicted octanol–water partition coefficient (Wildman–Crippen LogP) is 1.63. The van der Waals surface area contributed by atoms with E-state index in [0.717, 1.165) is 23.9 Å². The summed E-state index contributed by atoms with van der Waals surface area (Å²) in [6, 6.07) is 0.490. The summed E-state index contributed by atoms with van der Waals surface area (Å²) in [5, 5.41) is 3.96. The quantitative estimate of drug-likeness (QED) is 0.785. The maximum Gasteiger partial charge on any atom is 0.129 e. The molecule has 0 bridgehead atoms. The van der Waals surface area contributed by atoms with E-state index in [0.29, 0.717) is 6.04 Å². The minimum Gasteiger partial charge on any atom is -0.318 e. The molecule has 1 aliphatic heterocycles. The minimum atomic E-state index is 0.490. The molecule has 1 aromatic rings. The first kappa shape index (κ1) is 9.03. The Balaban J connectivity index is 2.29. The van der Waals surface area contributed by atoms with Gasteiger partial charge in [0.15, 0.2) is 0 Å². The summed E-state index contributed by atoms with van der Waals surface area (Å²) in [5.41, 5.74) is 0. The number of imidazole rings is 1. The first-order valence-electron chi connectivity index (χ1n) is 4.69. The van der Waals surface area contributed by atoms with E-state index in [9.17, 15) is 0 Å². The summed E-state index contributed by atoms with van der Waals surface area (Å²) in [7, 11) is 1.97. The van der Waals surface area contributed by atoms with E-state index in [2.05, 4.69) is 14.9 Å². The maximum absolute atomic E-state index is 6.06. The standard InChI is InChI=1S/C9H14ClN3/c1-11-5-7-3-2-4-9-12-6-8(10)13(7)9/h6-7,11H,2-5H2,1H3. The fourth-order valence-electron chi connectivity index (χ4n) is 2.00. The van der Waals surface area contributed by atoms with Gasteiger partial charge >= 0.3 is 0 Å². The average molecular weight is 200 g/mol. The van der Waals surface area contributed by atoms with E-state index < -0.39 is 0 Å². The van der Waals surface area contributed by atoms with Crippen molar-refractivity contribution in [3.63, 3.8) is 0 Å². The van der Waals surface area contributed by atoms with Gasteiger partial charge in [-0.2, -0.15) is 0 Å². The van der Waals surface area contributed by atoms with Gasteiger partial charge in [0.2, 0.25) is 0 Å². The fraction of sp³-hybridized carbons (Fsp3) is 0.667. The van der Waals surface area contributed by atoms with Crippen molar-refractivity contribution in [1.29, 1.82) is 0 Å². The Kier molecular flexibility index (Phi) is 2.56. The molecular weight excluding hydrogens is 186 g/mol. The molecule has 0 fully saturated rings. The van der Waals surface area contributed by atoms with Crippen LogP contribution in [0.1, 0.15) is 24.7 Å². The number of likely N-dealkylation sites (N-methyl/N-ethyl adjacent to an activating group) is 1. The lowest BCUT2D eigenvalue weighted by atomic mass is 10.0. The molecule has 2 heterocycles. The number of hydrogen-bond donors (Lipinski definition) is 1. The lowest BCUT2D eigenvalue weighted by molar-refractivity contribution is 0.386. The molecule has 0 aromatic carbocycles. The molecule has 0 spiro atoms. The highest BCUT2D eigenvalue weighted by Gasteiger charge is 2.21. The van der Waals surface area contributed by atoms with Gasteiger partial charge < -0.3 is 9.88 Å². The Labute approximate surface area is 83.1 Å². The van der Waals surface area contributed by atoms with Crippen LogP contribution in [0.3, 0.4) is 0 Å². The molecule has 1 N–H and O–H groups in total. The number of fused-ring (bicyclic) bond motifs is 1. The minimum absolute atomic E-state index is 0.490. The molecule has 2 rings (SSSR count). The number of aryl methyl sites for hydroxylation is 1. The van der Waals surface area contributed by atoms with Crippen LogP contribution in [-0.2, 0) is 6.42 Å². The van der Waals surface area contributed by atoms with Crippen LogP contribution in [0, 0.1) is 0 Å². The largest absolute Gasteiger partial charge is 0.318 e. The second-order valence-corrected chi connectivity index (χ2v) is 3.86. The van der Waals surface area contributed by atoms with E-state index in [-0.39, 0.29) is 0 Å². The van der Waals surface area contributed by atoms with Crippen LogP contribution in [0.4, 0.5) is 0 Å². The third-order valence-corrected chi connectivity index (χ3v) is 2.85. The number of aromatic nitrogens is 2. The zero-order valence-electron chi connectivity index (χ0n) is 7.76. The van der Waals surface area contributed by atoms with E-state index in [1.807, 2.05) is 7.05 Å². The van der Waals surface area contributed by atoms with Crippen molar-refractivity contribution in [3.05, 3.63) is 17.2 Å². The van der Waals surface area contributed by atoms with Gasteiger partial charge in [-0.15, -0.1) is 0 Å². The maximum atomic E-state index is 6.06. The van der Waals surface area contributed by atoms with Crippen molar-refractivity contribution >= 4 is 11.6 Å². The monoisotopic (exact) mass is 199 g/mol. The molecular formula is C9H14ClN3. The van der Waals surface area contributed by atoms with Crippen molar-refractivity contribution in [2.24, 2.45) is 0 Å². The van der Waals surface area contributed by atoms with Crippen molar-refractivity contribution in [1.82, 2.24) is 14.9 Å². The topological polar surface area (TPSA) is 29.9 Å². The van der Waals surface area contributed by atoms with Crippen LogP contribution in [-0.4, -0.2) is 23.1 Å². The summed E-state index contributed by atoms with van der Waals surface area (Å²) in [4.78, 5) is 4.29. The fourth-order valence-corrected chi connectivity index (χ4v) is 2.28. The zero-order valence-corrected chi connectivity index (χ0v) is 8.51. The smallest absolute Gasteiger partial charge is 0.129 e. The molecule has 0 amide bonds. The van der Waals surface area contributed by atoms with Crippen LogP contribution in [0.5, 0.6) is 0 Å². The Morgan fingerprint density at radius 1 is 1.77 bits per heavy atom. The molecule has 13 heavy (non-hydrogen) atoms. The van der Waals surface area contributed by atoms with Crippen molar-refractivity contribution in [2.45, 2.75) is 25.3 Å². The van der Waals surface area contributed by atoms with Gasteiger partial charge in [0.25, 0.3) is 0 Å². The molecule has 1 atom stereocenters. The number of rotatable bonds is 2. The van der Waals surface area contributed by atoms with Gasteiger partial charge in [-0.05, 0) is 19.9 Å². The number of halogens is 1. The SMILES string of the molecule is CNCC1CCCc2ncc(Cl)n21. The normalized spacial score (nSPS) is 21.5. The molecule has 1 aromatic heterocycles. The lowest BCUT2D eigenvalue weighted by Gasteiger charge is -2.25. The molecule has 1 unspecified atom stereocenters. The highest BCUT2D eigenvalue weighted by atomic mass is 35.5. The second kappa shape index (κ2) is 3.68. The van der Waals surface area contributed by atoms with Gasteiger partial charge in [-0.3, -0.25) is 0 Å². The number of nitrogens with zero attached hydrogens (tertiary/aromatic N) is 2. The van der Waals surface area contributed by atoms with E-state index >= 15 is 0 Å². The van der Waals surface area contributed by atoms with Crippen LogP contribution >= 0.6 is 11.6 Å². The number of hydrogen-bond acceptors (Lipinski definition) is 2. The van der Waals surface area contributed by atoms with Gasteiger partial charge in [0, 0.05) is 19.0 Å². The van der Waals surface area contributed by atoms with Gasteiger partial charge in [0.05, 0.1) is 6.20 Å². The third kappa shape index (κ3) is 1.58. The average Bonchev–Trinajstić information content (AvgIpc) is 2.50. The van der Waals surface area contributed by atoms with Crippen molar-refractivity contribution < 1.29 is 0 Å². The highest BCUT2D eigenvalue weighted by molar-refractivity contribution is 6.29. The summed E-state index contributed by atoms with van der Waals surface area (Å²) in [6.07, 6.45) is 5.24. The zero-order chi connectivity index (χ0) is 9.26. The first-order valence-corrected chi connectivity index (χ1v) is 5.07. The highest BCUT2D eigenvalue weighted by Crippen LogP contribution is 2.27. The van der Waals surface area contributed by atoms with Crippen molar-refractivity contribution in [2.75, 3.05) is 13.6 Å². The Hall–Kier alpha value is -0.540. The number of nitrogens with one attached hydrogen (secondary N) is 1. The molecule has 0 saturated heterocycles. The van der Waals surface area contributed by atoms with Gasteiger partial charge in [0.1, 0.15) is 11.0 Å². The van der Waals surface area contributed by atoms with Gasteiger partial charge in [-0.25, -0.2) is 4.98 Å². The molecule has 1 aliphatic rings. The molecule has 0 saturated carbocycles. The Bertz CT molecular complexity index is 295. The van der Waals surface area contributed by atoms with Crippen LogP contribution in [0.25, 0.3) is 0 Å². The van der Waals surface area contributed by atoms with E-state index in [1.54, 1.807) is 6.20 Å². The summed E-state index contributed by atoms with van der Waals surface area (Å²) < 4.78 is 2.15.